The normalized spacial score (nSPS) is 23.1. The van der Waals surface area contributed by atoms with E-state index in [4.69, 9.17) is 0 Å². The van der Waals surface area contributed by atoms with Crippen LogP contribution in [-0.2, 0) is 6.18 Å². The second-order valence-electron chi connectivity index (χ2n) is 6.25. The molecule has 2 bridgehead atoms. The van der Waals surface area contributed by atoms with Crippen LogP contribution in [-0.4, -0.2) is 14.2 Å². The lowest BCUT2D eigenvalue weighted by molar-refractivity contribution is -0.137. The number of aromatic nitrogens is 2. The number of imidazole rings is 1. The van der Waals surface area contributed by atoms with E-state index in [1.54, 1.807) is 4.57 Å². The fraction of sp³-hybridized carbons (Fsp3) is 0.438. The SMILES string of the molecule is O=c1n(-c2cccc(C(F)(F)F)c2)c(O)c2n1C1CCC2CC1. The third-order valence-electron chi connectivity index (χ3n) is 4.98. The molecule has 3 heterocycles. The van der Waals surface area contributed by atoms with Gasteiger partial charge in [0.25, 0.3) is 0 Å². The van der Waals surface area contributed by atoms with Crippen molar-refractivity contribution in [1.29, 1.82) is 0 Å². The minimum absolute atomic E-state index is 0.0421. The number of benzene rings is 1. The van der Waals surface area contributed by atoms with Crippen LogP contribution >= 0.6 is 0 Å². The molecule has 0 atom stereocenters. The highest BCUT2D eigenvalue weighted by molar-refractivity contribution is 5.43. The van der Waals surface area contributed by atoms with E-state index >= 15 is 0 Å². The first-order chi connectivity index (χ1) is 10.9. The van der Waals surface area contributed by atoms with Crippen LogP contribution in [0.3, 0.4) is 0 Å². The average Bonchev–Trinajstić information content (AvgIpc) is 2.81. The molecule has 4 nitrogen and oxygen atoms in total. The molecule has 122 valence electrons. The second-order valence-corrected chi connectivity index (χ2v) is 6.25. The van der Waals surface area contributed by atoms with Crippen molar-refractivity contribution in [2.75, 3.05) is 0 Å². The monoisotopic (exact) mass is 324 g/mol. The number of aromatic hydroxyl groups is 1. The molecule has 0 spiro atoms. The van der Waals surface area contributed by atoms with E-state index in [-0.39, 0.29) is 23.5 Å². The van der Waals surface area contributed by atoms with Gasteiger partial charge in [0.1, 0.15) is 0 Å². The molecule has 1 N–H and O–H groups in total. The molecule has 1 aromatic carbocycles. The molecular formula is C16H15F3N2O2. The molecule has 3 aliphatic rings. The number of rotatable bonds is 1. The first kappa shape index (κ1) is 14.4. The van der Waals surface area contributed by atoms with Gasteiger partial charge in [0, 0.05) is 12.0 Å². The number of fused-ring (bicyclic) bond motifs is 2. The number of hydrogen-bond acceptors (Lipinski definition) is 2. The highest BCUT2D eigenvalue weighted by atomic mass is 19.4. The molecule has 1 aliphatic carbocycles. The fourth-order valence-electron chi connectivity index (χ4n) is 3.92. The third kappa shape index (κ3) is 2.02. The van der Waals surface area contributed by atoms with Gasteiger partial charge in [-0.15, -0.1) is 0 Å². The Labute approximate surface area is 129 Å². The zero-order valence-electron chi connectivity index (χ0n) is 12.2. The average molecular weight is 324 g/mol. The zero-order chi connectivity index (χ0) is 16.4. The van der Waals surface area contributed by atoms with Gasteiger partial charge in [-0.05, 0) is 43.9 Å². The van der Waals surface area contributed by atoms with Crippen molar-refractivity contribution in [2.45, 2.75) is 43.8 Å². The van der Waals surface area contributed by atoms with Crippen molar-refractivity contribution in [3.8, 4) is 11.6 Å². The topological polar surface area (TPSA) is 47.2 Å². The zero-order valence-corrected chi connectivity index (χ0v) is 12.2. The van der Waals surface area contributed by atoms with Crippen molar-refractivity contribution in [3.63, 3.8) is 0 Å². The van der Waals surface area contributed by atoms with Crippen LogP contribution in [0.25, 0.3) is 5.69 Å². The van der Waals surface area contributed by atoms with Crippen molar-refractivity contribution in [3.05, 3.63) is 46.0 Å². The Morgan fingerprint density at radius 3 is 2.43 bits per heavy atom. The summed E-state index contributed by atoms with van der Waals surface area (Å²) in [4.78, 5) is 12.7. The molecule has 0 radical (unpaired) electrons. The Bertz CT molecular complexity index is 827. The molecule has 7 heteroatoms. The fourth-order valence-corrected chi connectivity index (χ4v) is 3.92. The lowest BCUT2D eigenvalue weighted by Crippen LogP contribution is -2.34. The number of hydrogen-bond donors (Lipinski definition) is 1. The van der Waals surface area contributed by atoms with Crippen LogP contribution in [0.4, 0.5) is 13.2 Å². The van der Waals surface area contributed by atoms with Crippen molar-refractivity contribution < 1.29 is 18.3 Å². The van der Waals surface area contributed by atoms with Crippen molar-refractivity contribution in [1.82, 2.24) is 9.13 Å². The summed E-state index contributed by atoms with van der Waals surface area (Å²) in [7, 11) is 0. The lowest BCUT2D eigenvalue weighted by atomic mass is 9.80. The molecular weight excluding hydrogens is 309 g/mol. The molecule has 1 saturated carbocycles. The predicted molar refractivity (Wildman–Crippen MR) is 76.9 cm³/mol. The molecule has 1 aromatic heterocycles. The van der Waals surface area contributed by atoms with Crippen LogP contribution in [0.15, 0.2) is 29.1 Å². The van der Waals surface area contributed by atoms with E-state index in [2.05, 4.69) is 0 Å². The van der Waals surface area contributed by atoms with Crippen LogP contribution in [0, 0.1) is 0 Å². The number of nitrogens with zero attached hydrogens (tertiary/aromatic N) is 2. The van der Waals surface area contributed by atoms with Crippen LogP contribution < -0.4 is 5.69 Å². The highest BCUT2D eigenvalue weighted by Gasteiger charge is 2.39. The van der Waals surface area contributed by atoms with Gasteiger partial charge in [-0.25, -0.2) is 9.36 Å². The van der Waals surface area contributed by atoms with Crippen LogP contribution in [0.5, 0.6) is 5.88 Å². The Balaban J connectivity index is 1.92. The quantitative estimate of drug-likeness (QED) is 0.871. The summed E-state index contributed by atoms with van der Waals surface area (Å²) in [6.07, 6.45) is -0.921. The summed E-state index contributed by atoms with van der Waals surface area (Å²) in [5.74, 6) is -0.108. The smallest absolute Gasteiger partial charge is 0.416 e. The summed E-state index contributed by atoms with van der Waals surface area (Å²) in [5, 5.41) is 10.5. The van der Waals surface area contributed by atoms with Gasteiger partial charge >= 0.3 is 11.9 Å². The maximum atomic E-state index is 12.9. The molecule has 5 rings (SSSR count). The molecule has 0 amide bonds. The van der Waals surface area contributed by atoms with Crippen molar-refractivity contribution >= 4 is 0 Å². The van der Waals surface area contributed by atoms with Gasteiger partial charge in [0.2, 0.25) is 5.88 Å². The van der Waals surface area contributed by atoms with Gasteiger partial charge in [0.05, 0.1) is 16.9 Å². The molecule has 2 aromatic rings. The summed E-state index contributed by atoms with van der Waals surface area (Å²) in [6.45, 7) is 0. The third-order valence-corrected chi connectivity index (χ3v) is 4.98. The largest absolute Gasteiger partial charge is 0.493 e. The molecule has 2 aliphatic heterocycles. The first-order valence-corrected chi connectivity index (χ1v) is 7.61. The molecule has 0 unspecified atom stereocenters. The Morgan fingerprint density at radius 2 is 1.83 bits per heavy atom. The van der Waals surface area contributed by atoms with E-state index in [0.717, 1.165) is 42.4 Å². The first-order valence-electron chi connectivity index (χ1n) is 7.61. The maximum Gasteiger partial charge on any atom is 0.416 e. The van der Waals surface area contributed by atoms with E-state index < -0.39 is 17.4 Å². The van der Waals surface area contributed by atoms with Gasteiger partial charge in [0.15, 0.2) is 0 Å². The molecule has 1 fully saturated rings. The van der Waals surface area contributed by atoms with E-state index in [9.17, 15) is 23.1 Å². The standard InChI is InChI=1S/C16H15F3N2O2/c17-16(18,19)10-2-1-3-12(8-10)21-14(22)13-9-4-6-11(7-5-9)20(13)15(21)23/h1-3,8-9,11,22H,4-7H2. The van der Waals surface area contributed by atoms with Gasteiger partial charge in [-0.2, -0.15) is 13.2 Å². The van der Waals surface area contributed by atoms with Gasteiger partial charge in [-0.1, -0.05) is 6.07 Å². The van der Waals surface area contributed by atoms with Crippen LogP contribution in [0.1, 0.15) is 48.9 Å². The Kier molecular flexibility index (Phi) is 2.92. The second kappa shape index (κ2) is 4.66. The van der Waals surface area contributed by atoms with E-state index in [1.807, 2.05) is 0 Å². The summed E-state index contributed by atoms with van der Waals surface area (Å²) < 4.78 is 41.2. The minimum atomic E-state index is -4.49. The Hall–Kier alpha value is -2.18. The summed E-state index contributed by atoms with van der Waals surface area (Å²) in [6, 6.07) is 4.54. The predicted octanol–water partition coefficient (Wildman–Crippen LogP) is 3.58. The minimum Gasteiger partial charge on any atom is -0.493 e. The number of alkyl halides is 3. The number of halogens is 3. The van der Waals surface area contributed by atoms with Gasteiger partial charge < -0.3 is 5.11 Å². The lowest BCUT2D eigenvalue weighted by Gasteiger charge is -2.36. The van der Waals surface area contributed by atoms with E-state index in [0.29, 0.717) is 5.69 Å². The maximum absolute atomic E-state index is 12.9. The van der Waals surface area contributed by atoms with Crippen molar-refractivity contribution in [2.24, 2.45) is 0 Å². The summed E-state index contributed by atoms with van der Waals surface area (Å²) in [5.41, 5.74) is -0.668. The van der Waals surface area contributed by atoms with E-state index in [1.165, 1.54) is 12.1 Å². The summed E-state index contributed by atoms with van der Waals surface area (Å²) >= 11 is 0. The Morgan fingerprint density at radius 1 is 1.13 bits per heavy atom. The van der Waals surface area contributed by atoms with Crippen LogP contribution in [0.2, 0.25) is 0 Å². The molecule has 23 heavy (non-hydrogen) atoms. The highest BCUT2D eigenvalue weighted by Crippen LogP contribution is 2.47. The van der Waals surface area contributed by atoms with Gasteiger partial charge in [-0.3, -0.25) is 4.57 Å². The molecule has 0 saturated heterocycles.